The molecule has 1 saturated heterocycles. The summed E-state index contributed by atoms with van der Waals surface area (Å²) in [5.74, 6) is -1.16. The molecule has 0 unspecified atom stereocenters. The first-order valence-corrected chi connectivity index (χ1v) is 6.50. The molecule has 1 aliphatic heterocycles. The lowest BCUT2D eigenvalue weighted by Gasteiger charge is -2.16. The zero-order valence-electron chi connectivity index (χ0n) is 10.6. The molecule has 0 bridgehead atoms. The molecular weight excluding hydrogens is 287 g/mol. The predicted molar refractivity (Wildman–Crippen MR) is 70.8 cm³/mol. The van der Waals surface area contributed by atoms with Crippen molar-refractivity contribution in [3.63, 3.8) is 0 Å². The van der Waals surface area contributed by atoms with E-state index in [0.717, 1.165) is 0 Å². The number of likely N-dealkylation sites (tertiary alicyclic amines) is 1. The minimum absolute atomic E-state index is 0.0649. The molecule has 1 atom stereocenters. The second kappa shape index (κ2) is 6.09. The largest absolute Gasteiger partial charge is 0.484 e. The highest BCUT2D eigenvalue weighted by molar-refractivity contribution is 6.30. The lowest BCUT2D eigenvalue weighted by molar-refractivity contribution is -0.132. The molecule has 5 nitrogen and oxygen atoms in total. The lowest BCUT2D eigenvalue weighted by atomic mass is 10.1. The Labute approximate surface area is 120 Å². The maximum atomic E-state index is 13.0. The number of rotatable bonds is 4. The molecule has 1 fully saturated rings. The first-order chi connectivity index (χ1) is 9.47. The van der Waals surface area contributed by atoms with Gasteiger partial charge in [0, 0.05) is 19.2 Å². The van der Waals surface area contributed by atoms with Gasteiger partial charge in [-0.2, -0.15) is 0 Å². The molecule has 7 heteroatoms. The van der Waals surface area contributed by atoms with E-state index < -0.39 is 11.7 Å². The zero-order chi connectivity index (χ0) is 14.7. The summed E-state index contributed by atoms with van der Waals surface area (Å²) in [6.07, 6.45) is 0.573. The van der Waals surface area contributed by atoms with Gasteiger partial charge < -0.3 is 15.4 Å². The van der Waals surface area contributed by atoms with Crippen molar-refractivity contribution in [1.29, 1.82) is 0 Å². The van der Waals surface area contributed by atoms with E-state index >= 15 is 0 Å². The minimum atomic E-state index is -0.547. The van der Waals surface area contributed by atoms with Crippen molar-refractivity contribution in [3.05, 3.63) is 29.0 Å². The van der Waals surface area contributed by atoms with Crippen molar-refractivity contribution in [2.75, 3.05) is 19.7 Å². The van der Waals surface area contributed by atoms with Crippen molar-refractivity contribution in [3.8, 4) is 5.75 Å². The fourth-order valence-corrected chi connectivity index (χ4v) is 2.19. The summed E-state index contributed by atoms with van der Waals surface area (Å²) in [4.78, 5) is 24.4. The average molecular weight is 301 g/mol. The maximum absolute atomic E-state index is 13.0. The summed E-state index contributed by atoms with van der Waals surface area (Å²) < 4.78 is 18.2. The van der Waals surface area contributed by atoms with Crippen LogP contribution in [0.5, 0.6) is 5.75 Å². The third kappa shape index (κ3) is 3.39. The highest BCUT2D eigenvalue weighted by Crippen LogP contribution is 2.21. The summed E-state index contributed by atoms with van der Waals surface area (Å²) >= 11 is 5.61. The number of ether oxygens (including phenoxy) is 1. The molecule has 0 spiro atoms. The number of carbonyl (C=O) groups is 2. The summed E-state index contributed by atoms with van der Waals surface area (Å²) in [5.41, 5.74) is 5.20. The molecule has 1 aromatic rings. The van der Waals surface area contributed by atoms with Gasteiger partial charge in [0.05, 0.1) is 10.9 Å². The third-order valence-corrected chi connectivity index (χ3v) is 3.49. The van der Waals surface area contributed by atoms with Gasteiger partial charge in [0.1, 0.15) is 11.6 Å². The van der Waals surface area contributed by atoms with Crippen LogP contribution in [-0.4, -0.2) is 36.4 Å². The molecule has 1 aromatic carbocycles. The van der Waals surface area contributed by atoms with Gasteiger partial charge in [0.2, 0.25) is 5.91 Å². The van der Waals surface area contributed by atoms with Crippen LogP contribution in [0.4, 0.5) is 4.39 Å². The number of primary amides is 1. The summed E-state index contributed by atoms with van der Waals surface area (Å²) in [6.45, 7) is 0.620. The lowest BCUT2D eigenvalue weighted by Crippen LogP contribution is -2.34. The molecule has 0 saturated carbocycles. The van der Waals surface area contributed by atoms with E-state index in [2.05, 4.69) is 0 Å². The Morgan fingerprint density at radius 1 is 1.50 bits per heavy atom. The molecule has 1 heterocycles. The number of amides is 2. The van der Waals surface area contributed by atoms with Crippen LogP contribution in [0.25, 0.3) is 0 Å². The average Bonchev–Trinajstić information content (AvgIpc) is 2.89. The molecule has 1 aliphatic rings. The van der Waals surface area contributed by atoms with Gasteiger partial charge in [0.15, 0.2) is 6.61 Å². The van der Waals surface area contributed by atoms with Crippen molar-refractivity contribution < 1.29 is 18.7 Å². The SMILES string of the molecule is NC(=O)[C@@H]1CCN(C(=O)COc2ccc(F)c(Cl)c2)C1. The monoisotopic (exact) mass is 300 g/mol. The first-order valence-electron chi connectivity index (χ1n) is 6.12. The van der Waals surface area contributed by atoms with Gasteiger partial charge in [-0.25, -0.2) is 4.39 Å². The Hall–Kier alpha value is -1.82. The number of hydrogen-bond donors (Lipinski definition) is 1. The fraction of sp³-hybridized carbons (Fsp3) is 0.385. The van der Waals surface area contributed by atoms with Gasteiger partial charge in [-0.1, -0.05) is 11.6 Å². The van der Waals surface area contributed by atoms with E-state index in [-0.39, 0.29) is 23.5 Å². The highest BCUT2D eigenvalue weighted by atomic mass is 35.5. The van der Waals surface area contributed by atoms with E-state index in [0.29, 0.717) is 25.3 Å². The van der Waals surface area contributed by atoms with E-state index in [1.807, 2.05) is 0 Å². The van der Waals surface area contributed by atoms with Crippen molar-refractivity contribution in [2.45, 2.75) is 6.42 Å². The predicted octanol–water partition coefficient (Wildman–Crippen LogP) is 1.19. The molecule has 20 heavy (non-hydrogen) atoms. The molecule has 2 N–H and O–H groups in total. The van der Waals surface area contributed by atoms with Crippen molar-refractivity contribution in [1.82, 2.24) is 4.90 Å². The smallest absolute Gasteiger partial charge is 0.260 e. The molecule has 0 aromatic heterocycles. The molecule has 108 valence electrons. The highest BCUT2D eigenvalue weighted by Gasteiger charge is 2.29. The van der Waals surface area contributed by atoms with Crippen LogP contribution in [0.2, 0.25) is 5.02 Å². The van der Waals surface area contributed by atoms with E-state index in [1.54, 1.807) is 0 Å². The summed E-state index contributed by atoms with van der Waals surface area (Å²) in [7, 11) is 0. The number of hydrogen-bond acceptors (Lipinski definition) is 3. The first kappa shape index (κ1) is 14.6. The van der Waals surface area contributed by atoms with Gasteiger partial charge in [0.25, 0.3) is 5.91 Å². The maximum Gasteiger partial charge on any atom is 0.260 e. The number of halogens is 2. The summed E-state index contributed by atoms with van der Waals surface area (Å²) in [6, 6.07) is 3.87. The van der Waals surface area contributed by atoms with E-state index in [9.17, 15) is 14.0 Å². The normalized spacial score (nSPS) is 18.1. The number of carbonyl (C=O) groups excluding carboxylic acids is 2. The third-order valence-electron chi connectivity index (χ3n) is 3.20. The summed E-state index contributed by atoms with van der Waals surface area (Å²) in [5, 5.41) is -0.0649. The van der Waals surface area contributed by atoms with Gasteiger partial charge in [-0.05, 0) is 18.6 Å². The Bertz CT molecular complexity index is 538. The molecule has 0 aliphatic carbocycles. The molecule has 2 rings (SSSR count). The Morgan fingerprint density at radius 2 is 2.25 bits per heavy atom. The van der Waals surface area contributed by atoms with Gasteiger partial charge in [-0.3, -0.25) is 9.59 Å². The van der Waals surface area contributed by atoms with Crippen LogP contribution in [0.15, 0.2) is 18.2 Å². The van der Waals surface area contributed by atoms with Crippen LogP contribution < -0.4 is 10.5 Å². The second-order valence-corrected chi connectivity index (χ2v) is 5.00. The standard InChI is InChI=1S/C13H14ClFN2O3/c14-10-5-9(1-2-11(10)15)20-7-12(18)17-4-3-8(6-17)13(16)19/h1-2,5,8H,3-4,6-7H2,(H2,16,19)/t8-/m1/s1. The van der Waals surface area contributed by atoms with E-state index in [4.69, 9.17) is 22.1 Å². The van der Waals surface area contributed by atoms with Crippen LogP contribution in [0.3, 0.4) is 0 Å². The number of nitrogens with two attached hydrogens (primary N) is 1. The van der Waals surface area contributed by atoms with Crippen LogP contribution >= 0.6 is 11.6 Å². The van der Waals surface area contributed by atoms with E-state index in [1.165, 1.54) is 23.1 Å². The minimum Gasteiger partial charge on any atom is -0.484 e. The topological polar surface area (TPSA) is 72.6 Å². The molecular formula is C13H14ClFN2O3. The van der Waals surface area contributed by atoms with Crippen LogP contribution in [0.1, 0.15) is 6.42 Å². The number of benzene rings is 1. The second-order valence-electron chi connectivity index (χ2n) is 4.59. The quantitative estimate of drug-likeness (QED) is 0.908. The molecule has 0 radical (unpaired) electrons. The van der Waals surface area contributed by atoms with Gasteiger partial charge in [-0.15, -0.1) is 0 Å². The number of nitrogens with zero attached hydrogens (tertiary/aromatic N) is 1. The van der Waals surface area contributed by atoms with Crippen LogP contribution in [-0.2, 0) is 9.59 Å². The molecule has 2 amide bonds. The fourth-order valence-electron chi connectivity index (χ4n) is 2.02. The van der Waals surface area contributed by atoms with Gasteiger partial charge >= 0.3 is 0 Å². The zero-order valence-corrected chi connectivity index (χ0v) is 11.4. The van der Waals surface area contributed by atoms with Crippen LogP contribution in [0, 0.1) is 11.7 Å². The Balaban J connectivity index is 1.86. The Morgan fingerprint density at radius 3 is 2.85 bits per heavy atom. The van der Waals surface area contributed by atoms with Crippen molar-refractivity contribution in [2.24, 2.45) is 11.7 Å². The Kier molecular flexibility index (Phi) is 4.44. The van der Waals surface area contributed by atoms with Crippen molar-refractivity contribution >= 4 is 23.4 Å².